The molecule has 0 aliphatic carbocycles. The van der Waals surface area contributed by atoms with Crippen molar-refractivity contribution < 1.29 is 0 Å². The molecule has 0 saturated heterocycles. The molecule has 0 aromatic carbocycles. The Bertz CT molecular complexity index is 228. The third-order valence-electron chi connectivity index (χ3n) is 6.15. The van der Waals surface area contributed by atoms with Gasteiger partial charge in [-0.05, 0) is 25.2 Å². The minimum absolute atomic E-state index is 1.37. The lowest BCUT2D eigenvalue weighted by Gasteiger charge is -2.16. The average molecular weight is 380 g/mol. The Hall–Kier alpha value is 0. The van der Waals surface area contributed by atoms with E-state index in [1.807, 2.05) is 5.92 Å². The van der Waals surface area contributed by atoms with Gasteiger partial charge in [0.25, 0.3) is 0 Å². The third kappa shape index (κ3) is 22.2. The Morgan fingerprint density at radius 3 is 0.778 bits per heavy atom. The van der Waals surface area contributed by atoms with Gasteiger partial charge in [-0.2, -0.15) is 0 Å². The molecule has 0 aliphatic heterocycles. The van der Waals surface area contributed by atoms with E-state index in [4.69, 9.17) is 0 Å². The Balaban J connectivity index is 3.77. The topological polar surface area (TPSA) is 0 Å². The van der Waals surface area contributed by atoms with Gasteiger partial charge in [-0.1, -0.05) is 149 Å². The quantitative estimate of drug-likeness (QED) is 0.155. The van der Waals surface area contributed by atoms with Crippen molar-refractivity contribution in [1.82, 2.24) is 0 Å². The molecule has 0 aliphatic rings. The first-order valence-electron chi connectivity index (χ1n) is 13.2. The highest BCUT2D eigenvalue weighted by atomic mass is 14.1. The van der Waals surface area contributed by atoms with Crippen molar-refractivity contribution in [2.45, 2.75) is 168 Å². The van der Waals surface area contributed by atoms with Crippen LogP contribution >= 0.6 is 0 Å². The van der Waals surface area contributed by atoms with Crippen LogP contribution in [-0.2, 0) is 0 Å². The van der Waals surface area contributed by atoms with Gasteiger partial charge >= 0.3 is 0 Å². The molecule has 0 bridgehead atoms. The molecule has 27 heavy (non-hydrogen) atoms. The standard InChI is InChI=1S/C27H55/c1-4-7-10-13-16-17-20-23-26-27(24-21-18-14-11-8-5-2)25-22-19-15-12-9-6-3/h4-26H2,1-3H3. The Labute approximate surface area is 174 Å². The van der Waals surface area contributed by atoms with E-state index in [-0.39, 0.29) is 0 Å². The first-order valence-corrected chi connectivity index (χ1v) is 13.2. The summed E-state index contributed by atoms with van der Waals surface area (Å²) in [6.45, 7) is 6.94. The molecule has 0 unspecified atom stereocenters. The normalized spacial score (nSPS) is 11.6. The van der Waals surface area contributed by atoms with Crippen LogP contribution in [0.4, 0.5) is 0 Å². The van der Waals surface area contributed by atoms with Gasteiger partial charge in [0.1, 0.15) is 0 Å². The molecule has 0 heteroatoms. The Kier molecular flexibility index (Phi) is 24.0. The van der Waals surface area contributed by atoms with E-state index < -0.39 is 0 Å². The van der Waals surface area contributed by atoms with Crippen LogP contribution in [0.3, 0.4) is 0 Å². The minimum Gasteiger partial charge on any atom is -0.0654 e. The van der Waals surface area contributed by atoms with E-state index in [1.54, 1.807) is 0 Å². The average Bonchev–Trinajstić information content (AvgIpc) is 2.68. The highest BCUT2D eigenvalue weighted by molar-refractivity contribution is 4.89. The van der Waals surface area contributed by atoms with Crippen LogP contribution in [0.1, 0.15) is 168 Å². The summed E-state index contributed by atoms with van der Waals surface area (Å²) in [5.41, 5.74) is 0. The summed E-state index contributed by atoms with van der Waals surface area (Å²) < 4.78 is 0. The third-order valence-corrected chi connectivity index (χ3v) is 6.15. The van der Waals surface area contributed by atoms with Crippen molar-refractivity contribution in [3.63, 3.8) is 0 Å². The van der Waals surface area contributed by atoms with Crippen molar-refractivity contribution in [2.75, 3.05) is 0 Å². The van der Waals surface area contributed by atoms with Crippen LogP contribution in [0.25, 0.3) is 0 Å². The van der Waals surface area contributed by atoms with Crippen LogP contribution in [0, 0.1) is 5.92 Å². The smallest absolute Gasteiger partial charge is 0.0241 e. The van der Waals surface area contributed by atoms with E-state index in [2.05, 4.69) is 20.8 Å². The lowest BCUT2D eigenvalue weighted by molar-refractivity contribution is 0.510. The second-order valence-electron chi connectivity index (χ2n) is 9.01. The van der Waals surface area contributed by atoms with Crippen LogP contribution in [0.15, 0.2) is 0 Å². The Morgan fingerprint density at radius 1 is 0.296 bits per heavy atom. The predicted molar refractivity (Wildman–Crippen MR) is 126 cm³/mol. The van der Waals surface area contributed by atoms with Gasteiger partial charge in [-0.3, -0.25) is 0 Å². The van der Waals surface area contributed by atoms with Gasteiger partial charge in [0.2, 0.25) is 0 Å². The predicted octanol–water partition coefficient (Wildman–Crippen LogP) is 10.6. The molecular formula is C27H55. The summed E-state index contributed by atoms with van der Waals surface area (Å²) in [6.07, 6.45) is 33.3. The highest BCUT2D eigenvalue weighted by Crippen LogP contribution is 2.26. The fourth-order valence-corrected chi connectivity index (χ4v) is 4.19. The molecule has 0 rings (SSSR count). The van der Waals surface area contributed by atoms with E-state index in [1.165, 1.54) is 148 Å². The van der Waals surface area contributed by atoms with Crippen molar-refractivity contribution in [3.05, 3.63) is 5.92 Å². The van der Waals surface area contributed by atoms with Crippen LogP contribution < -0.4 is 0 Å². The van der Waals surface area contributed by atoms with Gasteiger partial charge < -0.3 is 0 Å². The number of hydrogen-bond acceptors (Lipinski definition) is 0. The number of unbranched alkanes of at least 4 members (excludes halogenated alkanes) is 17. The Morgan fingerprint density at radius 2 is 0.519 bits per heavy atom. The molecule has 0 aromatic rings. The van der Waals surface area contributed by atoms with E-state index >= 15 is 0 Å². The van der Waals surface area contributed by atoms with Crippen LogP contribution in [-0.4, -0.2) is 0 Å². The second kappa shape index (κ2) is 24.0. The van der Waals surface area contributed by atoms with Crippen LogP contribution in [0.2, 0.25) is 0 Å². The molecule has 0 fully saturated rings. The molecule has 0 heterocycles. The molecule has 0 N–H and O–H groups in total. The maximum Gasteiger partial charge on any atom is -0.0241 e. The van der Waals surface area contributed by atoms with Crippen molar-refractivity contribution in [3.8, 4) is 0 Å². The van der Waals surface area contributed by atoms with E-state index in [9.17, 15) is 0 Å². The highest BCUT2D eigenvalue weighted by Gasteiger charge is 2.09. The zero-order valence-corrected chi connectivity index (χ0v) is 19.8. The summed E-state index contributed by atoms with van der Waals surface area (Å²) in [7, 11) is 0. The molecule has 0 amide bonds. The summed E-state index contributed by atoms with van der Waals surface area (Å²) in [6, 6.07) is 0. The van der Waals surface area contributed by atoms with Gasteiger partial charge in [0.15, 0.2) is 0 Å². The summed E-state index contributed by atoms with van der Waals surface area (Å²) in [5, 5.41) is 0. The van der Waals surface area contributed by atoms with Crippen molar-refractivity contribution in [1.29, 1.82) is 0 Å². The molecule has 163 valence electrons. The monoisotopic (exact) mass is 379 g/mol. The van der Waals surface area contributed by atoms with Crippen molar-refractivity contribution in [2.24, 2.45) is 0 Å². The molecule has 0 spiro atoms. The zero-order chi connectivity index (χ0) is 19.8. The fraction of sp³-hybridized carbons (Fsp3) is 0.963. The summed E-state index contributed by atoms with van der Waals surface area (Å²) in [4.78, 5) is 0. The maximum absolute atomic E-state index is 2.32. The van der Waals surface area contributed by atoms with Gasteiger partial charge in [-0.15, -0.1) is 0 Å². The largest absolute Gasteiger partial charge is 0.0654 e. The van der Waals surface area contributed by atoms with E-state index in [0.717, 1.165) is 0 Å². The molecule has 0 aromatic heterocycles. The molecule has 0 nitrogen and oxygen atoms in total. The summed E-state index contributed by atoms with van der Waals surface area (Å²) in [5.74, 6) is 1.92. The van der Waals surface area contributed by atoms with E-state index in [0.29, 0.717) is 0 Å². The SMILES string of the molecule is CCCCCCCCCC[C](CCCCCCCC)CCCCCCCC. The maximum atomic E-state index is 2.32. The molecular weight excluding hydrogens is 324 g/mol. The van der Waals surface area contributed by atoms with Crippen molar-refractivity contribution >= 4 is 0 Å². The van der Waals surface area contributed by atoms with Crippen LogP contribution in [0.5, 0.6) is 0 Å². The first kappa shape index (κ1) is 27.0. The lowest BCUT2D eigenvalue weighted by Crippen LogP contribution is -1.99. The molecule has 0 atom stereocenters. The number of rotatable bonds is 23. The molecule has 1 radical (unpaired) electrons. The van der Waals surface area contributed by atoms with Gasteiger partial charge in [0, 0.05) is 0 Å². The fourth-order valence-electron chi connectivity index (χ4n) is 4.19. The molecule has 0 saturated carbocycles. The van der Waals surface area contributed by atoms with Gasteiger partial charge in [-0.25, -0.2) is 0 Å². The second-order valence-corrected chi connectivity index (χ2v) is 9.01. The lowest BCUT2D eigenvalue weighted by atomic mass is 9.89. The summed E-state index contributed by atoms with van der Waals surface area (Å²) >= 11 is 0. The first-order chi connectivity index (χ1) is 13.3. The number of hydrogen-bond donors (Lipinski definition) is 0. The minimum atomic E-state index is 1.37. The zero-order valence-electron chi connectivity index (χ0n) is 19.8. The van der Waals surface area contributed by atoms with Gasteiger partial charge in [0.05, 0.1) is 0 Å².